The maximum Gasteiger partial charge on any atom is 0.426 e. The molecule has 0 unspecified atom stereocenters. The topological polar surface area (TPSA) is 87.7 Å². The van der Waals surface area contributed by atoms with Crippen molar-refractivity contribution in [3.63, 3.8) is 0 Å². The van der Waals surface area contributed by atoms with Crippen molar-refractivity contribution in [3.05, 3.63) is 33.4 Å². The summed E-state index contributed by atoms with van der Waals surface area (Å²) in [5.41, 5.74) is 0.205. The van der Waals surface area contributed by atoms with Crippen molar-refractivity contribution in [3.8, 4) is 0 Å². The fourth-order valence-corrected chi connectivity index (χ4v) is 2.80. The van der Waals surface area contributed by atoms with Crippen LogP contribution < -0.4 is 10.7 Å². The smallest absolute Gasteiger partial charge is 0.426 e. The van der Waals surface area contributed by atoms with Crippen LogP contribution in [-0.2, 0) is 9.53 Å². The number of carbonyl (C=O) groups excluding carboxylic acids is 3. The number of nitrogens with one attached hydrogen (secondary N) is 2. The van der Waals surface area contributed by atoms with Crippen LogP contribution in [0.15, 0.2) is 24.3 Å². The van der Waals surface area contributed by atoms with Gasteiger partial charge in [0.25, 0.3) is 5.91 Å². The molecular weight excluding hydrogens is 473 g/mol. The standard InChI is InChI=1S/C20H30IN3O4/c1-18(2,3)22-16(26)20(7,8)24(23-17(27)28-19(4,5)6)15(25)13-11-9-10-12-14(13)21/h9-12H,1-8H3,(H,22,26)(H,23,27). The molecule has 0 aliphatic carbocycles. The molecule has 0 saturated heterocycles. The number of carbonyl (C=O) groups is 3. The highest BCUT2D eigenvalue weighted by Gasteiger charge is 2.42. The summed E-state index contributed by atoms with van der Waals surface area (Å²) in [5, 5.41) is 3.88. The Hall–Kier alpha value is -1.84. The van der Waals surface area contributed by atoms with Crippen LogP contribution >= 0.6 is 22.6 Å². The average molecular weight is 503 g/mol. The lowest BCUT2D eigenvalue weighted by molar-refractivity contribution is -0.133. The molecule has 0 fully saturated rings. The normalized spacial score (nSPS) is 12.2. The number of hydrogen-bond donors (Lipinski definition) is 2. The second-order valence-corrected chi connectivity index (χ2v) is 10.2. The van der Waals surface area contributed by atoms with Crippen molar-refractivity contribution >= 4 is 40.5 Å². The summed E-state index contributed by atoms with van der Waals surface area (Å²) in [7, 11) is 0. The molecule has 1 aromatic carbocycles. The fourth-order valence-electron chi connectivity index (χ4n) is 2.19. The first kappa shape index (κ1) is 24.2. The summed E-state index contributed by atoms with van der Waals surface area (Å²) in [6.07, 6.45) is -0.816. The predicted molar refractivity (Wildman–Crippen MR) is 117 cm³/mol. The maximum atomic E-state index is 13.3. The third kappa shape index (κ3) is 6.96. The number of amides is 3. The number of ether oxygens (including phenoxy) is 1. The molecule has 0 spiro atoms. The van der Waals surface area contributed by atoms with Crippen molar-refractivity contribution in [2.45, 2.75) is 72.1 Å². The minimum absolute atomic E-state index is 0.371. The Morgan fingerprint density at radius 1 is 0.964 bits per heavy atom. The summed E-state index contributed by atoms with van der Waals surface area (Å²) >= 11 is 2.04. The molecule has 1 aromatic rings. The second kappa shape index (κ2) is 8.67. The SMILES string of the molecule is CC(C)(C)NC(=O)C(C)(C)N(NC(=O)OC(C)(C)C)C(=O)c1ccccc1I. The summed E-state index contributed by atoms with van der Waals surface area (Å²) in [5.74, 6) is -0.916. The van der Waals surface area contributed by atoms with E-state index in [1.54, 1.807) is 52.8 Å². The quantitative estimate of drug-likeness (QED) is 0.485. The molecule has 0 aliphatic rings. The lowest BCUT2D eigenvalue weighted by Gasteiger charge is -2.39. The van der Waals surface area contributed by atoms with Crippen molar-refractivity contribution in [1.29, 1.82) is 0 Å². The van der Waals surface area contributed by atoms with Crippen LogP contribution in [0.1, 0.15) is 65.7 Å². The van der Waals surface area contributed by atoms with Gasteiger partial charge in [0.1, 0.15) is 11.1 Å². The molecule has 0 radical (unpaired) electrons. The third-order valence-corrected chi connectivity index (χ3v) is 4.45. The van der Waals surface area contributed by atoms with E-state index in [9.17, 15) is 14.4 Å². The van der Waals surface area contributed by atoms with Crippen LogP contribution in [0.3, 0.4) is 0 Å². The Kier molecular flexibility index (Phi) is 7.49. The molecule has 8 heteroatoms. The third-order valence-electron chi connectivity index (χ3n) is 3.51. The van der Waals surface area contributed by atoms with Gasteiger partial charge in [-0.25, -0.2) is 15.2 Å². The molecule has 0 atom stereocenters. The summed E-state index contributed by atoms with van der Waals surface area (Å²) in [4.78, 5) is 38.5. The van der Waals surface area contributed by atoms with Crippen molar-refractivity contribution in [1.82, 2.24) is 15.8 Å². The van der Waals surface area contributed by atoms with E-state index < -0.39 is 34.6 Å². The summed E-state index contributed by atoms with van der Waals surface area (Å²) in [6, 6.07) is 6.96. The molecule has 7 nitrogen and oxygen atoms in total. The lowest BCUT2D eigenvalue weighted by atomic mass is 9.99. The summed E-state index contributed by atoms with van der Waals surface area (Å²) in [6.45, 7) is 13.8. The van der Waals surface area contributed by atoms with Gasteiger partial charge in [0.15, 0.2) is 0 Å². The van der Waals surface area contributed by atoms with E-state index in [0.717, 1.165) is 5.01 Å². The van der Waals surface area contributed by atoms with Gasteiger partial charge in [-0.1, -0.05) is 12.1 Å². The van der Waals surface area contributed by atoms with Crippen LogP contribution in [0, 0.1) is 3.57 Å². The largest absolute Gasteiger partial charge is 0.443 e. The van der Waals surface area contributed by atoms with Gasteiger partial charge in [0, 0.05) is 9.11 Å². The summed E-state index contributed by atoms with van der Waals surface area (Å²) < 4.78 is 5.98. The van der Waals surface area contributed by atoms with Crippen LogP contribution in [0.2, 0.25) is 0 Å². The van der Waals surface area contributed by atoms with E-state index in [0.29, 0.717) is 9.13 Å². The van der Waals surface area contributed by atoms with Gasteiger partial charge in [-0.2, -0.15) is 0 Å². The first-order chi connectivity index (χ1) is 12.5. The molecule has 156 valence electrons. The molecule has 28 heavy (non-hydrogen) atoms. The number of hydrazine groups is 1. The van der Waals surface area contributed by atoms with E-state index in [2.05, 4.69) is 10.7 Å². The van der Waals surface area contributed by atoms with Gasteiger partial charge in [-0.05, 0) is 90.1 Å². The van der Waals surface area contributed by atoms with Crippen molar-refractivity contribution in [2.75, 3.05) is 0 Å². The van der Waals surface area contributed by atoms with Gasteiger partial charge in [0.2, 0.25) is 5.91 Å². The Bertz CT molecular complexity index is 749. The van der Waals surface area contributed by atoms with Gasteiger partial charge in [-0.15, -0.1) is 0 Å². The Labute approximate surface area is 180 Å². The number of rotatable bonds is 3. The monoisotopic (exact) mass is 503 g/mol. The highest BCUT2D eigenvalue weighted by atomic mass is 127. The fraction of sp³-hybridized carbons (Fsp3) is 0.550. The highest BCUT2D eigenvalue weighted by Crippen LogP contribution is 2.21. The van der Waals surface area contributed by atoms with Crippen LogP contribution in [0.25, 0.3) is 0 Å². The molecule has 0 bridgehead atoms. The van der Waals surface area contributed by atoms with E-state index in [1.165, 1.54) is 0 Å². The highest BCUT2D eigenvalue weighted by molar-refractivity contribution is 14.1. The molecule has 0 aromatic heterocycles. The van der Waals surface area contributed by atoms with E-state index >= 15 is 0 Å². The van der Waals surface area contributed by atoms with E-state index in [1.807, 2.05) is 49.4 Å². The first-order valence-electron chi connectivity index (χ1n) is 8.96. The maximum absolute atomic E-state index is 13.3. The van der Waals surface area contributed by atoms with Gasteiger partial charge >= 0.3 is 6.09 Å². The minimum atomic E-state index is -1.37. The number of hydrogen-bond acceptors (Lipinski definition) is 4. The molecule has 0 saturated carbocycles. The number of halogens is 1. The van der Waals surface area contributed by atoms with Crippen LogP contribution in [-0.4, -0.2) is 39.6 Å². The molecule has 0 heterocycles. The van der Waals surface area contributed by atoms with Gasteiger partial charge in [-0.3, -0.25) is 9.59 Å². The Balaban J connectivity index is 3.30. The zero-order chi connectivity index (χ0) is 21.9. The predicted octanol–water partition coefficient (Wildman–Crippen LogP) is 3.87. The molecular formula is C20H30IN3O4. The van der Waals surface area contributed by atoms with E-state index in [-0.39, 0.29) is 0 Å². The average Bonchev–Trinajstić information content (AvgIpc) is 2.49. The first-order valence-corrected chi connectivity index (χ1v) is 10.0. The molecule has 2 N–H and O–H groups in total. The Morgan fingerprint density at radius 3 is 1.96 bits per heavy atom. The minimum Gasteiger partial charge on any atom is -0.443 e. The second-order valence-electron chi connectivity index (χ2n) is 9.00. The number of benzene rings is 1. The van der Waals surface area contributed by atoms with Gasteiger partial charge in [0.05, 0.1) is 5.56 Å². The number of nitrogens with zero attached hydrogens (tertiary/aromatic N) is 1. The van der Waals surface area contributed by atoms with Crippen LogP contribution in [0.4, 0.5) is 4.79 Å². The van der Waals surface area contributed by atoms with Gasteiger partial charge < -0.3 is 10.1 Å². The lowest BCUT2D eigenvalue weighted by Crippen LogP contribution is -2.65. The van der Waals surface area contributed by atoms with Crippen LogP contribution in [0.5, 0.6) is 0 Å². The molecule has 1 rings (SSSR count). The molecule has 0 aliphatic heterocycles. The molecule has 3 amide bonds. The zero-order valence-corrected chi connectivity index (χ0v) is 19.9. The van der Waals surface area contributed by atoms with Crippen molar-refractivity contribution < 1.29 is 19.1 Å². The van der Waals surface area contributed by atoms with Crippen molar-refractivity contribution in [2.24, 2.45) is 0 Å². The Morgan fingerprint density at radius 2 is 1.50 bits per heavy atom. The van der Waals surface area contributed by atoms with E-state index in [4.69, 9.17) is 4.74 Å². The zero-order valence-electron chi connectivity index (χ0n) is 17.8.